The topological polar surface area (TPSA) is 107 Å². The van der Waals surface area contributed by atoms with Crippen LogP contribution in [-0.2, 0) is 5.54 Å². The largest absolute Gasteiger partial charge is 0.346 e. The number of aromatic nitrogens is 5. The van der Waals surface area contributed by atoms with E-state index >= 15 is 0 Å². The van der Waals surface area contributed by atoms with Gasteiger partial charge >= 0.3 is 0 Å². The van der Waals surface area contributed by atoms with Crippen LogP contribution in [0.1, 0.15) is 29.6 Å². The summed E-state index contributed by atoms with van der Waals surface area (Å²) in [6, 6.07) is 7.43. The highest BCUT2D eigenvalue weighted by atomic mass is 19.1. The second kappa shape index (κ2) is 9.05. The zero-order valence-electron chi connectivity index (χ0n) is 19.9. The Balaban J connectivity index is 1.12. The van der Waals surface area contributed by atoms with Gasteiger partial charge in [0.1, 0.15) is 23.6 Å². The minimum absolute atomic E-state index is 0.0257. The molecule has 1 amide bonds. The van der Waals surface area contributed by atoms with Gasteiger partial charge in [0.25, 0.3) is 5.91 Å². The molecule has 4 aromatic rings. The van der Waals surface area contributed by atoms with Gasteiger partial charge in [-0.05, 0) is 31.0 Å². The van der Waals surface area contributed by atoms with E-state index in [4.69, 9.17) is 0 Å². The number of rotatable bonds is 5. The van der Waals surface area contributed by atoms with E-state index in [9.17, 15) is 18.8 Å². The predicted octanol–water partition coefficient (Wildman–Crippen LogP) is 3.33. The fraction of sp³-hybridized carbons (Fsp3) is 0.346. The van der Waals surface area contributed by atoms with Crippen LogP contribution in [0, 0.1) is 23.0 Å². The summed E-state index contributed by atoms with van der Waals surface area (Å²) in [5.74, 6) is -1.88. The zero-order chi connectivity index (χ0) is 25.6. The summed E-state index contributed by atoms with van der Waals surface area (Å²) >= 11 is 0. The van der Waals surface area contributed by atoms with E-state index < -0.39 is 17.2 Å². The van der Waals surface area contributed by atoms with E-state index in [1.165, 1.54) is 6.33 Å². The summed E-state index contributed by atoms with van der Waals surface area (Å²) < 4.78 is 29.0. The molecule has 37 heavy (non-hydrogen) atoms. The Morgan fingerprint density at radius 3 is 2.62 bits per heavy atom. The minimum atomic E-state index is -0.760. The molecule has 0 bridgehead atoms. The zero-order valence-corrected chi connectivity index (χ0v) is 19.9. The molecule has 0 spiro atoms. The Kier molecular flexibility index (Phi) is 5.68. The predicted molar refractivity (Wildman–Crippen MR) is 130 cm³/mol. The number of piperazine rings is 1. The van der Waals surface area contributed by atoms with Crippen LogP contribution in [0.3, 0.4) is 0 Å². The lowest BCUT2D eigenvalue weighted by Crippen LogP contribution is -2.60. The molecule has 6 rings (SSSR count). The van der Waals surface area contributed by atoms with Crippen molar-refractivity contribution < 1.29 is 13.6 Å². The van der Waals surface area contributed by atoms with Crippen molar-refractivity contribution in [3.63, 3.8) is 0 Å². The number of hydrogen-bond acceptors (Lipinski definition) is 6. The first-order valence-electron chi connectivity index (χ1n) is 12.2. The first-order chi connectivity index (χ1) is 18.0. The van der Waals surface area contributed by atoms with Crippen LogP contribution in [0.15, 0.2) is 49.2 Å². The first-order valence-corrected chi connectivity index (χ1v) is 12.2. The van der Waals surface area contributed by atoms with Gasteiger partial charge in [-0.3, -0.25) is 14.4 Å². The van der Waals surface area contributed by atoms with Gasteiger partial charge in [0.15, 0.2) is 0 Å². The average Bonchev–Trinajstić information content (AvgIpc) is 3.55. The Labute approximate surface area is 211 Å². The number of nitrogens with one attached hydrogen (secondary N) is 1. The molecule has 1 N–H and O–H groups in total. The van der Waals surface area contributed by atoms with Crippen molar-refractivity contribution >= 4 is 16.9 Å². The summed E-state index contributed by atoms with van der Waals surface area (Å²) in [5.41, 5.74) is 2.05. The maximum atomic E-state index is 13.5. The summed E-state index contributed by atoms with van der Waals surface area (Å²) in [5, 5.41) is 15.1. The standard InChI is InChI=1S/C26H24F2N8O/c27-19-9-17(10-20(28)11-19)25(37)35-7-5-34(6-8-35)21-12-26(13-21,2-3-29)36-15-18(14-33-36)23-22-1-4-30-24(22)32-16-31-23/h1,4,9-11,14-16,21H,2,5-8,12-13H2,(H,30,31,32)/t21-,26-. The Hall–Kier alpha value is -4.17. The highest BCUT2D eigenvalue weighted by Crippen LogP contribution is 2.45. The van der Waals surface area contributed by atoms with Crippen molar-refractivity contribution in [2.75, 3.05) is 26.2 Å². The molecule has 0 atom stereocenters. The van der Waals surface area contributed by atoms with Gasteiger partial charge in [-0.25, -0.2) is 18.7 Å². The van der Waals surface area contributed by atoms with Crippen molar-refractivity contribution in [3.8, 4) is 17.3 Å². The minimum Gasteiger partial charge on any atom is -0.346 e. The van der Waals surface area contributed by atoms with Crippen molar-refractivity contribution in [1.29, 1.82) is 5.26 Å². The first kappa shape index (κ1) is 23.2. The molecule has 2 fully saturated rings. The number of benzene rings is 1. The van der Waals surface area contributed by atoms with Crippen LogP contribution in [0.2, 0.25) is 0 Å². The van der Waals surface area contributed by atoms with Crippen molar-refractivity contribution in [1.82, 2.24) is 34.5 Å². The van der Waals surface area contributed by atoms with Gasteiger partial charge in [-0.15, -0.1) is 0 Å². The third-order valence-corrected chi connectivity index (χ3v) is 7.56. The second-order valence-corrected chi connectivity index (χ2v) is 9.74. The molecule has 0 unspecified atom stereocenters. The van der Waals surface area contributed by atoms with E-state index in [-0.39, 0.29) is 17.5 Å². The summed E-state index contributed by atoms with van der Waals surface area (Å²) in [6.45, 7) is 2.28. The fourth-order valence-corrected chi connectivity index (χ4v) is 5.59. The van der Waals surface area contributed by atoms with E-state index in [1.807, 2.05) is 23.1 Å². The molecule has 1 aromatic carbocycles. The molecule has 2 aliphatic rings. The van der Waals surface area contributed by atoms with Gasteiger partial charge in [0.2, 0.25) is 0 Å². The Morgan fingerprint density at radius 2 is 1.89 bits per heavy atom. The average molecular weight is 503 g/mol. The number of carbonyl (C=O) groups excluding carboxylic acids is 1. The maximum absolute atomic E-state index is 13.5. The number of fused-ring (bicyclic) bond motifs is 1. The van der Waals surface area contributed by atoms with Crippen LogP contribution < -0.4 is 0 Å². The normalized spacial score (nSPS) is 22.1. The molecule has 1 aliphatic heterocycles. The quantitative estimate of drug-likeness (QED) is 0.449. The SMILES string of the molecule is N#CC[C@]1(n2cc(-c3ncnc4[nH]ccc34)cn2)C[C@H](N2CCN(C(=O)c3cc(F)cc(F)c3)CC2)C1. The lowest BCUT2D eigenvalue weighted by Gasteiger charge is -2.52. The number of carbonyl (C=O) groups is 1. The molecule has 188 valence electrons. The van der Waals surface area contributed by atoms with E-state index in [0.29, 0.717) is 32.6 Å². The maximum Gasteiger partial charge on any atom is 0.254 e. The number of hydrogen-bond donors (Lipinski definition) is 1. The number of nitriles is 1. The van der Waals surface area contributed by atoms with Crippen molar-refractivity contribution in [2.24, 2.45) is 0 Å². The highest BCUT2D eigenvalue weighted by molar-refractivity contribution is 5.94. The molecule has 0 radical (unpaired) electrons. The molecule has 11 heteroatoms. The smallest absolute Gasteiger partial charge is 0.254 e. The lowest BCUT2D eigenvalue weighted by molar-refractivity contribution is -0.0158. The van der Waals surface area contributed by atoms with Gasteiger partial charge in [-0.2, -0.15) is 10.4 Å². The molecule has 1 aliphatic carbocycles. The van der Waals surface area contributed by atoms with Crippen LogP contribution in [-0.4, -0.2) is 72.7 Å². The molecular formula is C26H24F2N8O. The summed E-state index contributed by atoms with van der Waals surface area (Å²) in [7, 11) is 0. The number of nitrogens with zero attached hydrogens (tertiary/aromatic N) is 7. The number of H-pyrrole nitrogens is 1. The number of aromatic amines is 1. The molecule has 9 nitrogen and oxygen atoms in total. The van der Waals surface area contributed by atoms with E-state index in [2.05, 4.69) is 31.0 Å². The van der Waals surface area contributed by atoms with Crippen LogP contribution in [0.5, 0.6) is 0 Å². The van der Waals surface area contributed by atoms with Gasteiger partial charge < -0.3 is 9.88 Å². The monoisotopic (exact) mass is 502 g/mol. The van der Waals surface area contributed by atoms with Gasteiger partial charge in [0.05, 0.1) is 29.9 Å². The van der Waals surface area contributed by atoms with Crippen LogP contribution in [0.25, 0.3) is 22.3 Å². The molecule has 4 heterocycles. The van der Waals surface area contributed by atoms with Gasteiger partial charge in [0, 0.05) is 67.2 Å². The third-order valence-electron chi connectivity index (χ3n) is 7.56. The highest BCUT2D eigenvalue weighted by Gasteiger charge is 2.49. The van der Waals surface area contributed by atoms with Crippen molar-refractivity contribution in [2.45, 2.75) is 30.8 Å². The number of halogens is 2. The molecule has 1 saturated heterocycles. The van der Waals surface area contributed by atoms with Crippen LogP contribution in [0.4, 0.5) is 8.78 Å². The number of amides is 1. The Bertz CT molecular complexity index is 1490. The second-order valence-electron chi connectivity index (χ2n) is 9.74. The Morgan fingerprint density at radius 1 is 1.14 bits per heavy atom. The molecular weight excluding hydrogens is 478 g/mol. The van der Waals surface area contributed by atoms with Gasteiger partial charge in [-0.1, -0.05) is 0 Å². The van der Waals surface area contributed by atoms with Crippen LogP contribution >= 0.6 is 0 Å². The fourth-order valence-electron chi connectivity index (χ4n) is 5.59. The molecule has 3 aromatic heterocycles. The third kappa shape index (κ3) is 4.13. The molecule has 1 saturated carbocycles. The lowest BCUT2D eigenvalue weighted by atomic mass is 9.70. The van der Waals surface area contributed by atoms with E-state index in [0.717, 1.165) is 53.3 Å². The van der Waals surface area contributed by atoms with Crippen molar-refractivity contribution in [3.05, 3.63) is 66.4 Å². The summed E-state index contributed by atoms with van der Waals surface area (Å²) in [4.78, 5) is 28.5. The van der Waals surface area contributed by atoms with E-state index in [1.54, 1.807) is 11.1 Å². The summed E-state index contributed by atoms with van der Waals surface area (Å²) in [6.07, 6.45) is 8.97.